The second kappa shape index (κ2) is 5.53. The van der Waals surface area contributed by atoms with Crippen LogP contribution in [0, 0.1) is 39.4 Å². The highest BCUT2D eigenvalue weighted by Gasteiger charge is 2.63. The summed E-state index contributed by atoms with van der Waals surface area (Å²) in [6.07, 6.45) is 12.3. The van der Waals surface area contributed by atoms with Crippen molar-refractivity contribution < 1.29 is 0 Å². The third-order valence-electron chi connectivity index (χ3n) is 9.75. The molecule has 0 amide bonds. The third kappa shape index (κ3) is 2.06. The summed E-state index contributed by atoms with van der Waals surface area (Å²) in [5.41, 5.74) is 7.66. The summed E-state index contributed by atoms with van der Waals surface area (Å²) in [5.74, 6) is 3.51. The van der Waals surface area contributed by atoms with Gasteiger partial charge in [0.25, 0.3) is 0 Å². The zero-order chi connectivity index (χ0) is 17.2. The standard InChI is InChI=1S/C21H36N2O/c1-4-14-5-6-17-16-8-12-21(22)13-15(23-24)7-11-20(21,3)18(16)9-10-19(14,17)2/h14-18H,4-13,22H2,1-3H3/t14-,15-,16?,17?,18?,19+,20?,21-/m0/s1. The molecule has 136 valence electrons. The predicted octanol–water partition coefficient (Wildman–Crippen LogP) is 5.27. The fourth-order valence-corrected chi connectivity index (χ4v) is 8.19. The molecule has 0 aromatic carbocycles. The minimum atomic E-state index is -0.151. The zero-order valence-electron chi connectivity index (χ0n) is 15.9. The van der Waals surface area contributed by atoms with Gasteiger partial charge in [0.15, 0.2) is 0 Å². The molecule has 3 heteroatoms. The van der Waals surface area contributed by atoms with Crippen molar-refractivity contribution in [3.63, 3.8) is 0 Å². The number of hydrogen-bond donors (Lipinski definition) is 1. The van der Waals surface area contributed by atoms with E-state index in [-0.39, 0.29) is 17.0 Å². The molecule has 0 radical (unpaired) electrons. The van der Waals surface area contributed by atoms with E-state index in [1.807, 2.05) is 0 Å². The Morgan fingerprint density at radius 2 is 1.79 bits per heavy atom. The predicted molar refractivity (Wildman–Crippen MR) is 98.5 cm³/mol. The van der Waals surface area contributed by atoms with E-state index in [1.54, 1.807) is 0 Å². The van der Waals surface area contributed by atoms with E-state index in [1.165, 1.54) is 38.5 Å². The normalized spacial score (nSPS) is 56.9. The van der Waals surface area contributed by atoms with Crippen LogP contribution in [0.4, 0.5) is 0 Å². The quantitative estimate of drug-likeness (QED) is 0.700. The topological polar surface area (TPSA) is 55.4 Å². The third-order valence-corrected chi connectivity index (χ3v) is 9.75. The van der Waals surface area contributed by atoms with Crippen molar-refractivity contribution in [1.29, 1.82) is 0 Å². The lowest BCUT2D eigenvalue weighted by Gasteiger charge is -2.64. The molecule has 0 spiro atoms. The van der Waals surface area contributed by atoms with Crippen LogP contribution >= 0.6 is 0 Å². The lowest BCUT2D eigenvalue weighted by atomic mass is 9.42. The smallest absolute Gasteiger partial charge is 0.0937 e. The van der Waals surface area contributed by atoms with Gasteiger partial charge in [-0.25, -0.2) is 0 Å². The molecule has 0 aromatic rings. The Hall–Kier alpha value is -0.440. The number of rotatable bonds is 2. The van der Waals surface area contributed by atoms with Crippen molar-refractivity contribution in [2.75, 3.05) is 0 Å². The lowest BCUT2D eigenvalue weighted by Crippen LogP contribution is -2.66. The Morgan fingerprint density at radius 1 is 1.00 bits per heavy atom. The van der Waals surface area contributed by atoms with Gasteiger partial charge in [0.1, 0.15) is 0 Å². The Labute approximate surface area is 147 Å². The monoisotopic (exact) mass is 332 g/mol. The first-order valence-electron chi connectivity index (χ1n) is 10.5. The Morgan fingerprint density at radius 3 is 2.50 bits per heavy atom. The maximum absolute atomic E-state index is 11.1. The van der Waals surface area contributed by atoms with Gasteiger partial charge in [-0.1, -0.05) is 32.4 Å². The second-order valence-corrected chi connectivity index (χ2v) is 10.2. The van der Waals surface area contributed by atoms with E-state index >= 15 is 0 Å². The maximum atomic E-state index is 11.1. The molecule has 0 aliphatic heterocycles. The summed E-state index contributed by atoms with van der Waals surface area (Å²) < 4.78 is 0. The van der Waals surface area contributed by atoms with Gasteiger partial charge in [-0.05, 0) is 92.3 Å². The highest BCUT2D eigenvalue weighted by atomic mass is 16.3. The zero-order valence-corrected chi connectivity index (χ0v) is 15.9. The van der Waals surface area contributed by atoms with Crippen molar-refractivity contribution in [1.82, 2.24) is 0 Å². The first-order valence-corrected chi connectivity index (χ1v) is 10.5. The molecular weight excluding hydrogens is 296 g/mol. The molecule has 4 fully saturated rings. The molecule has 8 atom stereocenters. The maximum Gasteiger partial charge on any atom is 0.0937 e. The van der Waals surface area contributed by atoms with E-state index in [0.29, 0.717) is 5.41 Å². The molecule has 4 rings (SSSR count). The van der Waals surface area contributed by atoms with Crippen molar-refractivity contribution in [2.45, 2.75) is 96.6 Å². The van der Waals surface area contributed by atoms with Gasteiger partial charge in [-0.3, -0.25) is 0 Å². The molecule has 2 N–H and O–H groups in total. The van der Waals surface area contributed by atoms with Crippen LogP contribution in [0.1, 0.15) is 85.0 Å². The van der Waals surface area contributed by atoms with Crippen LogP contribution in [-0.2, 0) is 0 Å². The summed E-state index contributed by atoms with van der Waals surface area (Å²) in [6, 6.07) is -0.0376. The highest BCUT2D eigenvalue weighted by Crippen LogP contribution is 2.68. The van der Waals surface area contributed by atoms with Gasteiger partial charge in [-0.15, -0.1) is 0 Å². The summed E-state index contributed by atoms with van der Waals surface area (Å²) >= 11 is 0. The first kappa shape index (κ1) is 17.0. The van der Waals surface area contributed by atoms with E-state index < -0.39 is 0 Å². The molecule has 4 aliphatic carbocycles. The van der Waals surface area contributed by atoms with Crippen molar-refractivity contribution in [2.24, 2.45) is 45.4 Å². The highest BCUT2D eigenvalue weighted by molar-refractivity contribution is 5.16. The number of hydrogen-bond acceptors (Lipinski definition) is 3. The van der Waals surface area contributed by atoms with Gasteiger partial charge in [0.2, 0.25) is 0 Å². The van der Waals surface area contributed by atoms with Gasteiger partial charge in [0.05, 0.1) is 6.04 Å². The average molecular weight is 333 g/mol. The molecule has 0 saturated heterocycles. The minimum Gasteiger partial charge on any atom is -0.325 e. The molecule has 0 heterocycles. The summed E-state index contributed by atoms with van der Waals surface area (Å²) in [7, 11) is 0. The number of nitrogens with two attached hydrogens (primary N) is 1. The molecule has 0 aromatic heterocycles. The SMILES string of the molecule is CC[C@H]1CCC2C3CC[C@]4(N)C[C@@H](N=O)CCC4(C)C3CC[C@@]21C. The fraction of sp³-hybridized carbons (Fsp3) is 1.00. The van der Waals surface area contributed by atoms with E-state index in [2.05, 4.69) is 25.9 Å². The van der Waals surface area contributed by atoms with Gasteiger partial charge < -0.3 is 5.73 Å². The van der Waals surface area contributed by atoms with Crippen LogP contribution < -0.4 is 5.73 Å². The summed E-state index contributed by atoms with van der Waals surface area (Å²) in [4.78, 5) is 11.1. The Bertz CT molecular complexity index is 522. The van der Waals surface area contributed by atoms with Gasteiger partial charge in [0, 0.05) is 5.54 Å². The van der Waals surface area contributed by atoms with Crippen LogP contribution in [-0.4, -0.2) is 11.6 Å². The van der Waals surface area contributed by atoms with Crippen LogP contribution in [0.3, 0.4) is 0 Å². The fourth-order valence-electron chi connectivity index (χ4n) is 8.19. The van der Waals surface area contributed by atoms with E-state index in [9.17, 15) is 4.91 Å². The average Bonchev–Trinajstić information content (AvgIpc) is 2.91. The van der Waals surface area contributed by atoms with Gasteiger partial charge >= 0.3 is 0 Å². The first-order chi connectivity index (χ1) is 11.4. The largest absolute Gasteiger partial charge is 0.325 e. The second-order valence-electron chi connectivity index (χ2n) is 10.2. The van der Waals surface area contributed by atoms with Crippen molar-refractivity contribution in [3.8, 4) is 0 Å². The molecule has 4 unspecified atom stereocenters. The Kier molecular flexibility index (Phi) is 3.91. The van der Waals surface area contributed by atoms with Crippen LogP contribution in [0.5, 0.6) is 0 Å². The molecule has 0 bridgehead atoms. The summed E-state index contributed by atoms with van der Waals surface area (Å²) in [6.45, 7) is 7.47. The molecule has 24 heavy (non-hydrogen) atoms. The molecular formula is C21H36N2O. The molecule has 4 aliphatic rings. The van der Waals surface area contributed by atoms with Crippen LogP contribution in [0.15, 0.2) is 5.18 Å². The van der Waals surface area contributed by atoms with Gasteiger partial charge in [-0.2, -0.15) is 4.91 Å². The number of nitrogens with zero attached hydrogens (tertiary/aromatic N) is 1. The Balaban J connectivity index is 1.63. The van der Waals surface area contributed by atoms with Crippen molar-refractivity contribution in [3.05, 3.63) is 4.91 Å². The van der Waals surface area contributed by atoms with Crippen LogP contribution in [0.25, 0.3) is 0 Å². The lowest BCUT2D eigenvalue weighted by molar-refractivity contribution is -0.124. The van der Waals surface area contributed by atoms with Crippen molar-refractivity contribution >= 4 is 0 Å². The van der Waals surface area contributed by atoms with Crippen LogP contribution in [0.2, 0.25) is 0 Å². The minimum absolute atomic E-state index is 0.0376. The number of nitroso groups, excluding NO2 is 1. The number of fused-ring (bicyclic) bond motifs is 5. The van der Waals surface area contributed by atoms with E-state index in [0.717, 1.165) is 49.4 Å². The molecule has 3 nitrogen and oxygen atoms in total. The molecule has 4 saturated carbocycles. The summed E-state index contributed by atoms with van der Waals surface area (Å²) in [5, 5.41) is 3.37. The van der Waals surface area contributed by atoms with E-state index in [4.69, 9.17) is 5.73 Å².